The Morgan fingerprint density at radius 1 is 1.62 bits per heavy atom. The third kappa shape index (κ3) is 2.71. The number of carbonyl (C=O) groups is 1. The van der Waals surface area contributed by atoms with Crippen molar-refractivity contribution in [2.24, 2.45) is 5.41 Å². The van der Waals surface area contributed by atoms with Gasteiger partial charge in [0.15, 0.2) is 0 Å². The van der Waals surface area contributed by atoms with Gasteiger partial charge < -0.3 is 9.84 Å². The highest BCUT2D eigenvalue weighted by atomic mass is 16.5. The lowest BCUT2D eigenvalue weighted by Gasteiger charge is -2.44. The zero-order valence-corrected chi connectivity index (χ0v) is 10.4. The van der Waals surface area contributed by atoms with Gasteiger partial charge in [0, 0.05) is 24.7 Å². The number of hydrogen-bond donors (Lipinski definition) is 1. The number of aliphatic hydroxyl groups excluding tert-OH is 1. The van der Waals surface area contributed by atoms with Crippen LogP contribution < -0.4 is 0 Å². The summed E-state index contributed by atoms with van der Waals surface area (Å²) < 4.78 is 5.79. The molecule has 1 unspecified atom stereocenters. The van der Waals surface area contributed by atoms with Crippen LogP contribution in [0.1, 0.15) is 40.0 Å². The molecular formula is C13H22O3. The van der Waals surface area contributed by atoms with E-state index >= 15 is 0 Å². The van der Waals surface area contributed by atoms with Crippen molar-refractivity contribution in [3.8, 4) is 0 Å². The minimum Gasteiger partial charge on any atom is -0.392 e. The normalized spacial score (nSPS) is 33.4. The summed E-state index contributed by atoms with van der Waals surface area (Å²) in [6.07, 6.45) is 2.37. The number of aliphatic hydroxyl groups is 1. The largest absolute Gasteiger partial charge is 0.392 e. The van der Waals surface area contributed by atoms with Crippen molar-refractivity contribution < 1.29 is 14.6 Å². The van der Waals surface area contributed by atoms with Crippen molar-refractivity contribution in [2.75, 3.05) is 0 Å². The minimum atomic E-state index is -0.445. The van der Waals surface area contributed by atoms with E-state index in [1.54, 1.807) is 6.08 Å². The number of Topliss-reactive ketones (excluding diaryl/α,β-unsaturated/α-hetero) is 1. The van der Waals surface area contributed by atoms with Crippen LogP contribution in [0.3, 0.4) is 0 Å². The van der Waals surface area contributed by atoms with Crippen LogP contribution in [0.15, 0.2) is 12.7 Å². The molecule has 0 aliphatic carbocycles. The molecule has 3 atom stereocenters. The highest BCUT2D eigenvalue weighted by Gasteiger charge is 2.42. The molecule has 0 radical (unpaired) electrons. The Morgan fingerprint density at radius 2 is 2.25 bits per heavy atom. The molecule has 3 heteroatoms. The second-order valence-electron chi connectivity index (χ2n) is 5.08. The summed E-state index contributed by atoms with van der Waals surface area (Å²) in [4.78, 5) is 11.4. The predicted octanol–water partition coefficient (Wildman–Crippen LogP) is 2.09. The third-order valence-electron chi connectivity index (χ3n) is 3.48. The molecule has 3 nitrogen and oxygen atoms in total. The fourth-order valence-electron chi connectivity index (χ4n) is 2.07. The zero-order valence-electron chi connectivity index (χ0n) is 10.4. The van der Waals surface area contributed by atoms with Crippen molar-refractivity contribution in [3.05, 3.63) is 12.7 Å². The summed E-state index contributed by atoms with van der Waals surface area (Å²) >= 11 is 0. The molecule has 1 N–H and O–H groups in total. The maximum atomic E-state index is 11.4. The van der Waals surface area contributed by atoms with Crippen molar-refractivity contribution in [3.63, 3.8) is 0 Å². The molecule has 1 heterocycles. The summed E-state index contributed by atoms with van der Waals surface area (Å²) in [5.74, 6) is 0.180. The first kappa shape index (κ1) is 13.4. The van der Waals surface area contributed by atoms with Crippen LogP contribution in [0.5, 0.6) is 0 Å². The Kier molecular flexibility index (Phi) is 4.28. The molecule has 0 spiro atoms. The van der Waals surface area contributed by atoms with Gasteiger partial charge in [-0.1, -0.05) is 26.8 Å². The molecule has 1 rings (SSSR count). The molecular weight excluding hydrogens is 204 g/mol. The van der Waals surface area contributed by atoms with E-state index in [-0.39, 0.29) is 23.4 Å². The Labute approximate surface area is 97.5 Å². The first-order chi connectivity index (χ1) is 7.41. The summed E-state index contributed by atoms with van der Waals surface area (Å²) in [5.41, 5.74) is -0.326. The Bertz CT molecular complexity index is 270. The van der Waals surface area contributed by atoms with Gasteiger partial charge in [0.25, 0.3) is 0 Å². The molecule has 0 bridgehead atoms. The maximum Gasteiger partial charge on any atom is 0.135 e. The SMILES string of the molecule is C=C[C@@H]1OC(CC(=O)CC)C[C@H](O)C1(C)C. The van der Waals surface area contributed by atoms with Crippen molar-refractivity contribution in [1.82, 2.24) is 0 Å². The van der Waals surface area contributed by atoms with Crippen LogP contribution in [-0.4, -0.2) is 29.2 Å². The van der Waals surface area contributed by atoms with E-state index in [1.165, 1.54) is 0 Å². The van der Waals surface area contributed by atoms with Gasteiger partial charge in [-0.3, -0.25) is 4.79 Å². The zero-order chi connectivity index (χ0) is 12.3. The van der Waals surface area contributed by atoms with E-state index in [9.17, 15) is 9.90 Å². The van der Waals surface area contributed by atoms with Crippen molar-refractivity contribution in [1.29, 1.82) is 0 Å². The molecule has 0 saturated carbocycles. The Hall–Kier alpha value is -0.670. The fraction of sp³-hybridized carbons (Fsp3) is 0.769. The Morgan fingerprint density at radius 3 is 2.75 bits per heavy atom. The number of rotatable bonds is 4. The van der Waals surface area contributed by atoms with E-state index in [2.05, 4.69) is 6.58 Å². The van der Waals surface area contributed by atoms with Crippen LogP contribution >= 0.6 is 0 Å². The molecule has 0 aromatic rings. The lowest BCUT2D eigenvalue weighted by molar-refractivity contribution is -0.159. The molecule has 1 fully saturated rings. The summed E-state index contributed by atoms with van der Waals surface area (Å²) in [7, 11) is 0. The van der Waals surface area contributed by atoms with Gasteiger partial charge in [-0.2, -0.15) is 0 Å². The molecule has 1 aliphatic rings. The van der Waals surface area contributed by atoms with Crippen LogP contribution in [0.4, 0.5) is 0 Å². The lowest BCUT2D eigenvalue weighted by Crippen LogP contribution is -2.49. The van der Waals surface area contributed by atoms with Gasteiger partial charge in [0.05, 0.1) is 18.3 Å². The molecule has 1 saturated heterocycles. The van der Waals surface area contributed by atoms with Gasteiger partial charge >= 0.3 is 0 Å². The quantitative estimate of drug-likeness (QED) is 0.747. The average molecular weight is 226 g/mol. The predicted molar refractivity (Wildman–Crippen MR) is 63.2 cm³/mol. The molecule has 0 aromatic carbocycles. The van der Waals surface area contributed by atoms with Crippen LogP contribution in [-0.2, 0) is 9.53 Å². The van der Waals surface area contributed by atoms with E-state index in [4.69, 9.17) is 4.74 Å². The monoisotopic (exact) mass is 226 g/mol. The first-order valence-electron chi connectivity index (χ1n) is 5.89. The van der Waals surface area contributed by atoms with Gasteiger partial charge in [0.2, 0.25) is 0 Å². The van der Waals surface area contributed by atoms with Gasteiger partial charge in [-0.15, -0.1) is 6.58 Å². The van der Waals surface area contributed by atoms with Crippen LogP contribution in [0.2, 0.25) is 0 Å². The molecule has 0 aromatic heterocycles. The first-order valence-corrected chi connectivity index (χ1v) is 5.89. The van der Waals surface area contributed by atoms with Gasteiger partial charge in [-0.05, 0) is 0 Å². The number of ether oxygens (including phenoxy) is 1. The molecule has 16 heavy (non-hydrogen) atoms. The van der Waals surface area contributed by atoms with Crippen LogP contribution in [0.25, 0.3) is 0 Å². The maximum absolute atomic E-state index is 11.4. The van der Waals surface area contributed by atoms with E-state index in [0.717, 1.165) is 0 Å². The third-order valence-corrected chi connectivity index (χ3v) is 3.48. The number of hydrogen-bond acceptors (Lipinski definition) is 3. The Balaban J connectivity index is 2.67. The summed E-state index contributed by atoms with van der Waals surface area (Å²) in [6, 6.07) is 0. The number of ketones is 1. The summed E-state index contributed by atoms with van der Waals surface area (Å²) in [5, 5.41) is 10.1. The van der Waals surface area contributed by atoms with Gasteiger partial charge in [-0.25, -0.2) is 0 Å². The average Bonchev–Trinajstić information content (AvgIpc) is 2.23. The second-order valence-corrected chi connectivity index (χ2v) is 5.08. The fourth-order valence-corrected chi connectivity index (χ4v) is 2.07. The van der Waals surface area contributed by atoms with E-state index < -0.39 is 6.10 Å². The second kappa shape index (κ2) is 5.11. The molecule has 92 valence electrons. The smallest absolute Gasteiger partial charge is 0.135 e. The van der Waals surface area contributed by atoms with Crippen LogP contribution in [0, 0.1) is 5.41 Å². The molecule has 1 aliphatic heterocycles. The topological polar surface area (TPSA) is 46.5 Å². The molecule has 0 amide bonds. The van der Waals surface area contributed by atoms with Crippen molar-refractivity contribution >= 4 is 5.78 Å². The van der Waals surface area contributed by atoms with E-state index in [0.29, 0.717) is 19.3 Å². The van der Waals surface area contributed by atoms with Gasteiger partial charge in [0.1, 0.15) is 5.78 Å². The lowest BCUT2D eigenvalue weighted by atomic mass is 9.75. The highest BCUT2D eigenvalue weighted by Crippen LogP contribution is 2.37. The van der Waals surface area contributed by atoms with Crippen molar-refractivity contribution in [2.45, 2.75) is 58.3 Å². The minimum absolute atomic E-state index is 0.168. The summed E-state index contributed by atoms with van der Waals surface area (Å²) in [6.45, 7) is 9.49. The standard InChI is InChI=1S/C13H22O3/c1-5-9(14)7-10-8-11(15)13(3,4)12(6-2)16-10/h6,10-12,15H,2,5,7-8H2,1,3-4H3/t10?,11-,12-/m0/s1. The van der Waals surface area contributed by atoms with E-state index in [1.807, 2.05) is 20.8 Å². The number of carbonyl (C=O) groups excluding carboxylic acids is 1. The highest BCUT2D eigenvalue weighted by molar-refractivity contribution is 5.78.